The monoisotopic (exact) mass is 447 g/mol. The van der Waals surface area contributed by atoms with Crippen molar-refractivity contribution in [1.82, 2.24) is 10.3 Å². The van der Waals surface area contributed by atoms with Crippen LogP contribution in [0.15, 0.2) is 23.6 Å². The molecule has 2 amide bonds. The first-order valence-electron chi connectivity index (χ1n) is 9.78. The number of methoxy groups -OCH3 is 3. The molecule has 2 aromatic rings. The van der Waals surface area contributed by atoms with Crippen molar-refractivity contribution in [3.05, 3.63) is 34.8 Å². The van der Waals surface area contributed by atoms with Crippen molar-refractivity contribution in [3.8, 4) is 11.5 Å². The van der Waals surface area contributed by atoms with Crippen LogP contribution >= 0.6 is 11.3 Å². The second-order valence-corrected chi connectivity index (χ2v) is 7.80. The number of carbonyl (C=O) groups excluding carboxylic acids is 3. The maximum Gasteiger partial charge on any atom is 0.307 e. The maximum absolute atomic E-state index is 12.7. The average molecular weight is 448 g/mol. The lowest BCUT2D eigenvalue weighted by Crippen LogP contribution is -2.31. The molecule has 166 valence electrons. The summed E-state index contributed by atoms with van der Waals surface area (Å²) >= 11 is 1.34. The van der Waals surface area contributed by atoms with Crippen molar-refractivity contribution in [2.24, 2.45) is 0 Å². The second-order valence-electron chi connectivity index (χ2n) is 6.96. The summed E-state index contributed by atoms with van der Waals surface area (Å²) in [6.45, 7) is 0.651. The maximum atomic E-state index is 12.7. The molecule has 0 radical (unpaired) electrons. The van der Waals surface area contributed by atoms with E-state index in [0.717, 1.165) is 6.42 Å². The molecule has 1 saturated heterocycles. The van der Waals surface area contributed by atoms with E-state index in [1.807, 2.05) is 0 Å². The van der Waals surface area contributed by atoms with Crippen LogP contribution in [0.25, 0.3) is 0 Å². The molecule has 3 rings (SSSR count). The number of esters is 1. The van der Waals surface area contributed by atoms with Crippen LogP contribution < -0.4 is 19.7 Å². The highest BCUT2D eigenvalue weighted by molar-refractivity contribution is 7.14. The summed E-state index contributed by atoms with van der Waals surface area (Å²) in [7, 11) is 4.34. The number of rotatable bonds is 9. The number of aromatic nitrogens is 1. The number of benzene rings is 1. The van der Waals surface area contributed by atoms with Gasteiger partial charge in [0.05, 0.1) is 45.9 Å². The molecular formula is C21H25N3O6S. The summed E-state index contributed by atoms with van der Waals surface area (Å²) < 4.78 is 15.4. The van der Waals surface area contributed by atoms with Crippen molar-refractivity contribution in [1.29, 1.82) is 0 Å². The van der Waals surface area contributed by atoms with Crippen molar-refractivity contribution >= 4 is 34.3 Å². The number of ether oxygens (including phenoxy) is 3. The first-order chi connectivity index (χ1) is 14.9. The van der Waals surface area contributed by atoms with Gasteiger partial charge in [-0.3, -0.25) is 19.3 Å². The Kier molecular flexibility index (Phi) is 7.45. The quantitative estimate of drug-likeness (QED) is 0.588. The summed E-state index contributed by atoms with van der Waals surface area (Å²) in [5, 5.41) is 5.25. The molecule has 9 nitrogen and oxygen atoms in total. The molecule has 1 N–H and O–H groups in total. The minimum absolute atomic E-state index is 0.0312. The van der Waals surface area contributed by atoms with Gasteiger partial charge in [0.2, 0.25) is 11.8 Å². The summed E-state index contributed by atoms with van der Waals surface area (Å²) in [6.07, 6.45) is 1.33. The highest BCUT2D eigenvalue weighted by Gasteiger charge is 2.25. The Labute approximate surface area is 184 Å². The van der Waals surface area contributed by atoms with E-state index >= 15 is 0 Å². The van der Waals surface area contributed by atoms with Gasteiger partial charge in [-0.25, -0.2) is 4.98 Å². The van der Waals surface area contributed by atoms with Gasteiger partial charge in [0.1, 0.15) is 0 Å². The largest absolute Gasteiger partial charge is 0.493 e. The van der Waals surface area contributed by atoms with Crippen molar-refractivity contribution in [2.45, 2.75) is 31.7 Å². The molecule has 0 bridgehead atoms. The average Bonchev–Trinajstić information content (AvgIpc) is 3.40. The topological polar surface area (TPSA) is 107 Å². The smallest absolute Gasteiger partial charge is 0.307 e. The van der Waals surface area contributed by atoms with E-state index in [0.29, 0.717) is 40.9 Å². The summed E-state index contributed by atoms with van der Waals surface area (Å²) in [5.74, 6) is 0.332. The number of nitrogens with zero attached hydrogens (tertiary/aromatic N) is 2. The van der Waals surface area contributed by atoms with Crippen LogP contribution in [-0.4, -0.2) is 50.6 Å². The Morgan fingerprint density at radius 3 is 2.65 bits per heavy atom. The van der Waals surface area contributed by atoms with E-state index in [2.05, 4.69) is 10.3 Å². The Balaban J connectivity index is 1.72. The van der Waals surface area contributed by atoms with Gasteiger partial charge in [0.15, 0.2) is 16.6 Å². The van der Waals surface area contributed by atoms with E-state index < -0.39 is 12.0 Å². The van der Waals surface area contributed by atoms with Gasteiger partial charge in [0.25, 0.3) is 0 Å². The molecule has 1 aromatic carbocycles. The molecule has 31 heavy (non-hydrogen) atoms. The summed E-state index contributed by atoms with van der Waals surface area (Å²) in [4.78, 5) is 42.6. The van der Waals surface area contributed by atoms with E-state index in [-0.39, 0.29) is 24.7 Å². The minimum atomic E-state index is -0.613. The first-order valence-corrected chi connectivity index (χ1v) is 10.7. The molecule has 1 aromatic heterocycles. The van der Waals surface area contributed by atoms with Crippen LogP contribution in [0.5, 0.6) is 11.5 Å². The Morgan fingerprint density at radius 1 is 1.23 bits per heavy atom. The Bertz CT molecular complexity index is 960. The molecule has 10 heteroatoms. The third-order valence-electron chi connectivity index (χ3n) is 4.93. The van der Waals surface area contributed by atoms with Crippen molar-refractivity contribution < 1.29 is 28.6 Å². The lowest BCUT2D eigenvalue weighted by atomic mass is 10.0. The van der Waals surface area contributed by atoms with Crippen LogP contribution in [0.2, 0.25) is 0 Å². The van der Waals surface area contributed by atoms with Gasteiger partial charge in [-0.15, -0.1) is 11.3 Å². The molecule has 1 atom stereocenters. The highest BCUT2D eigenvalue weighted by Crippen LogP contribution is 2.31. The number of amides is 2. The molecule has 0 saturated carbocycles. The van der Waals surface area contributed by atoms with E-state index in [1.165, 1.54) is 32.7 Å². The molecule has 1 aliphatic heterocycles. The Morgan fingerprint density at radius 2 is 2.00 bits per heavy atom. The minimum Gasteiger partial charge on any atom is -0.493 e. The predicted molar refractivity (Wildman–Crippen MR) is 114 cm³/mol. The van der Waals surface area contributed by atoms with Crippen LogP contribution in [0.1, 0.15) is 36.6 Å². The van der Waals surface area contributed by atoms with Crippen LogP contribution in [0.4, 0.5) is 5.13 Å². The fraction of sp³-hybridized carbons (Fsp3) is 0.429. The number of carbonyl (C=O) groups is 3. The zero-order valence-electron chi connectivity index (χ0n) is 17.7. The van der Waals surface area contributed by atoms with Gasteiger partial charge in [-0.2, -0.15) is 0 Å². The van der Waals surface area contributed by atoms with Gasteiger partial charge in [-0.1, -0.05) is 6.07 Å². The summed E-state index contributed by atoms with van der Waals surface area (Å²) in [6, 6.07) is 4.57. The molecule has 0 aliphatic carbocycles. The number of hydrogen-bond acceptors (Lipinski definition) is 8. The standard InChI is InChI=1S/C21H25N3O6S/c1-28-16-7-6-13(9-17(16)29-2)15(11-20(27)30-3)23-18(25)10-14-12-31-21(22-14)24-8-4-5-19(24)26/h6-7,9,12,15H,4-5,8,10-11H2,1-3H3,(H,23,25). The van der Waals surface area contributed by atoms with Gasteiger partial charge >= 0.3 is 5.97 Å². The van der Waals surface area contributed by atoms with E-state index in [9.17, 15) is 14.4 Å². The normalized spacial score (nSPS) is 14.3. The van der Waals surface area contributed by atoms with E-state index in [1.54, 1.807) is 28.5 Å². The number of hydrogen-bond donors (Lipinski definition) is 1. The first kappa shape index (κ1) is 22.5. The lowest BCUT2D eigenvalue weighted by molar-refractivity contribution is -0.141. The molecule has 1 unspecified atom stereocenters. The van der Waals surface area contributed by atoms with Crippen LogP contribution in [0.3, 0.4) is 0 Å². The van der Waals surface area contributed by atoms with Crippen molar-refractivity contribution in [2.75, 3.05) is 32.8 Å². The third-order valence-corrected chi connectivity index (χ3v) is 5.84. The number of anilines is 1. The molecule has 0 spiro atoms. The SMILES string of the molecule is COC(=O)CC(NC(=O)Cc1csc(N2CCCC2=O)n1)c1ccc(OC)c(OC)c1. The molecule has 1 aliphatic rings. The zero-order valence-corrected chi connectivity index (χ0v) is 18.5. The van der Waals surface area contributed by atoms with Gasteiger partial charge in [0, 0.05) is 18.3 Å². The number of nitrogens with one attached hydrogen (secondary N) is 1. The van der Waals surface area contributed by atoms with Crippen molar-refractivity contribution in [3.63, 3.8) is 0 Å². The van der Waals surface area contributed by atoms with Crippen LogP contribution in [-0.2, 0) is 25.5 Å². The molecule has 1 fully saturated rings. The van der Waals surface area contributed by atoms with Gasteiger partial charge < -0.3 is 19.5 Å². The number of thiazole rings is 1. The summed E-state index contributed by atoms with van der Waals surface area (Å²) in [5.41, 5.74) is 1.25. The Hall–Kier alpha value is -3.14. The fourth-order valence-corrected chi connectivity index (χ4v) is 4.20. The second kappa shape index (κ2) is 10.3. The third kappa shape index (κ3) is 5.52. The fourth-order valence-electron chi connectivity index (χ4n) is 3.33. The van der Waals surface area contributed by atoms with E-state index in [4.69, 9.17) is 14.2 Å². The molecule has 2 heterocycles. The zero-order chi connectivity index (χ0) is 22.4. The molecular weight excluding hydrogens is 422 g/mol. The predicted octanol–water partition coefficient (Wildman–Crippen LogP) is 2.25. The van der Waals surface area contributed by atoms with Gasteiger partial charge in [-0.05, 0) is 24.1 Å². The van der Waals surface area contributed by atoms with Crippen LogP contribution in [0, 0.1) is 0 Å². The highest BCUT2D eigenvalue weighted by atomic mass is 32.1. The lowest BCUT2D eigenvalue weighted by Gasteiger charge is -2.19.